The van der Waals surface area contributed by atoms with Crippen LogP contribution in [0.2, 0.25) is 0 Å². The Morgan fingerprint density at radius 1 is 1.06 bits per heavy atom. The summed E-state index contributed by atoms with van der Waals surface area (Å²) in [7, 11) is 2.91. The van der Waals surface area contributed by atoms with Crippen molar-refractivity contribution in [3.8, 4) is 0 Å². The zero-order chi connectivity index (χ0) is 24.6. The number of imide groups is 1. The second-order valence-corrected chi connectivity index (χ2v) is 9.25. The van der Waals surface area contributed by atoms with Crippen LogP contribution in [0, 0.1) is 18.8 Å². The van der Waals surface area contributed by atoms with Crippen LogP contribution in [0.4, 0.5) is 0 Å². The van der Waals surface area contributed by atoms with E-state index in [1.807, 2.05) is 49.4 Å². The second-order valence-electron chi connectivity index (χ2n) is 9.25. The third-order valence-corrected chi connectivity index (χ3v) is 6.89. The summed E-state index contributed by atoms with van der Waals surface area (Å²) in [5.41, 5.74) is 1.01. The number of methoxy groups -OCH3 is 1. The molecule has 2 heterocycles. The van der Waals surface area contributed by atoms with Crippen molar-refractivity contribution in [3.05, 3.63) is 71.3 Å². The number of carbonyl (C=O) groups excluding carboxylic acids is 4. The summed E-state index contributed by atoms with van der Waals surface area (Å²) < 4.78 is 5.00. The first kappa shape index (κ1) is 23.6. The van der Waals surface area contributed by atoms with E-state index in [0.29, 0.717) is 5.56 Å². The molecule has 1 N–H and O–H groups in total. The first-order valence-corrected chi connectivity index (χ1v) is 11.2. The van der Waals surface area contributed by atoms with Crippen LogP contribution in [0.15, 0.2) is 54.6 Å². The molecule has 8 heteroatoms. The Kier molecular flexibility index (Phi) is 6.27. The molecule has 0 radical (unpaired) electrons. The number of likely N-dealkylation sites (tertiary alicyclic amines) is 1. The van der Waals surface area contributed by atoms with E-state index < -0.39 is 35.3 Å². The van der Waals surface area contributed by atoms with Crippen molar-refractivity contribution >= 4 is 23.7 Å². The van der Waals surface area contributed by atoms with E-state index in [9.17, 15) is 19.2 Å². The fourth-order valence-corrected chi connectivity index (χ4v) is 5.10. The van der Waals surface area contributed by atoms with E-state index in [-0.39, 0.29) is 24.9 Å². The Balaban J connectivity index is 1.61. The Hall–Kier alpha value is -3.52. The normalized spacial score (nSPS) is 25.9. The van der Waals surface area contributed by atoms with Gasteiger partial charge in [0.15, 0.2) is 0 Å². The molecule has 2 aliphatic heterocycles. The van der Waals surface area contributed by atoms with Crippen molar-refractivity contribution in [2.45, 2.75) is 32.0 Å². The van der Waals surface area contributed by atoms with Gasteiger partial charge < -0.3 is 9.64 Å². The average molecular weight is 464 g/mol. The number of aryl methyl sites for hydroxylation is 1. The van der Waals surface area contributed by atoms with E-state index in [1.54, 1.807) is 26.1 Å². The number of rotatable bonds is 6. The van der Waals surface area contributed by atoms with Gasteiger partial charge in [-0.1, -0.05) is 48.0 Å². The number of ether oxygens (including phenoxy) is 1. The van der Waals surface area contributed by atoms with E-state index in [4.69, 9.17) is 4.74 Å². The molecule has 4 rings (SSSR count). The molecule has 2 aromatic carbocycles. The molecule has 178 valence electrons. The molecule has 0 spiro atoms. The van der Waals surface area contributed by atoms with Crippen molar-refractivity contribution in [3.63, 3.8) is 0 Å². The molecule has 0 unspecified atom stereocenters. The van der Waals surface area contributed by atoms with E-state index in [0.717, 1.165) is 11.1 Å². The number of amides is 3. The van der Waals surface area contributed by atoms with E-state index >= 15 is 0 Å². The summed E-state index contributed by atoms with van der Waals surface area (Å²) in [4.78, 5) is 55.4. The van der Waals surface area contributed by atoms with Gasteiger partial charge in [0, 0.05) is 25.2 Å². The minimum Gasteiger partial charge on any atom is -0.468 e. The summed E-state index contributed by atoms with van der Waals surface area (Å²) in [6.45, 7) is 3.82. The average Bonchev–Trinajstić information content (AvgIpc) is 3.27. The minimum absolute atomic E-state index is 0.133. The van der Waals surface area contributed by atoms with Crippen LogP contribution in [0.3, 0.4) is 0 Å². The number of likely N-dealkylation sites (N-methyl/N-ethyl adjacent to an activating group) is 1. The molecular weight excluding hydrogens is 434 g/mol. The first-order valence-electron chi connectivity index (χ1n) is 11.2. The maximum atomic E-state index is 13.5. The van der Waals surface area contributed by atoms with Gasteiger partial charge in [0.25, 0.3) is 5.91 Å². The predicted molar refractivity (Wildman–Crippen MR) is 124 cm³/mol. The highest BCUT2D eigenvalue weighted by Crippen LogP contribution is 2.44. The zero-order valence-electron chi connectivity index (χ0n) is 19.8. The molecule has 2 fully saturated rings. The van der Waals surface area contributed by atoms with Gasteiger partial charge >= 0.3 is 5.97 Å². The lowest BCUT2D eigenvalue weighted by Crippen LogP contribution is -2.56. The van der Waals surface area contributed by atoms with Crippen molar-refractivity contribution in [1.82, 2.24) is 15.1 Å². The molecule has 0 aromatic heterocycles. The Morgan fingerprint density at radius 3 is 2.32 bits per heavy atom. The molecule has 0 aliphatic carbocycles. The Labute approximate surface area is 198 Å². The van der Waals surface area contributed by atoms with Gasteiger partial charge in [0.05, 0.1) is 25.5 Å². The predicted octanol–water partition coefficient (Wildman–Crippen LogP) is 1.77. The maximum absolute atomic E-state index is 13.5. The van der Waals surface area contributed by atoms with Crippen LogP contribution in [0.25, 0.3) is 0 Å². The minimum atomic E-state index is -1.38. The lowest BCUT2D eigenvalue weighted by Gasteiger charge is -2.30. The molecule has 2 saturated heterocycles. The van der Waals surface area contributed by atoms with E-state index in [1.165, 1.54) is 16.9 Å². The van der Waals surface area contributed by atoms with Crippen LogP contribution < -0.4 is 5.32 Å². The lowest BCUT2D eigenvalue weighted by molar-refractivity contribution is -0.153. The number of hydrogen-bond donors (Lipinski definition) is 1. The first-order chi connectivity index (χ1) is 16.2. The number of fused-ring (bicyclic) bond motifs is 1. The summed E-state index contributed by atoms with van der Waals surface area (Å²) >= 11 is 0. The zero-order valence-corrected chi connectivity index (χ0v) is 19.8. The fraction of sp³-hybridized carbons (Fsp3) is 0.385. The maximum Gasteiger partial charge on any atom is 0.326 e. The SMILES string of the molecule is COC(=O)[C@]1(C)N[C@H](CN(C)C(=O)c2ccc(C)cc2)[C@@H]2C(=O)N(Cc3ccccc3)C(=O)[C@@H]21. The van der Waals surface area contributed by atoms with Crippen molar-refractivity contribution in [1.29, 1.82) is 0 Å². The monoisotopic (exact) mass is 463 g/mol. The van der Waals surface area contributed by atoms with Gasteiger partial charge in [-0.15, -0.1) is 0 Å². The van der Waals surface area contributed by atoms with Crippen LogP contribution in [0.5, 0.6) is 0 Å². The van der Waals surface area contributed by atoms with E-state index in [2.05, 4.69) is 5.32 Å². The van der Waals surface area contributed by atoms with Gasteiger partial charge in [0.1, 0.15) is 5.54 Å². The fourth-order valence-electron chi connectivity index (χ4n) is 5.10. The van der Waals surface area contributed by atoms with Crippen LogP contribution in [0.1, 0.15) is 28.4 Å². The van der Waals surface area contributed by atoms with Gasteiger partial charge in [-0.25, -0.2) is 0 Å². The van der Waals surface area contributed by atoms with Gasteiger partial charge in [0.2, 0.25) is 11.8 Å². The molecule has 0 saturated carbocycles. The molecule has 34 heavy (non-hydrogen) atoms. The molecule has 0 bridgehead atoms. The number of nitrogens with one attached hydrogen (secondary N) is 1. The van der Waals surface area contributed by atoms with Crippen LogP contribution in [-0.2, 0) is 25.7 Å². The summed E-state index contributed by atoms with van der Waals surface area (Å²) in [6, 6.07) is 15.9. The number of carbonyl (C=O) groups is 4. The standard InChI is InChI=1S/C26H29N3O5/c1-16-10-12-18(13-11-16)22(30)28(3)15-19-20-21(26(2,27-19)25(33)34-4)24(32)29(23(20)31)14-17-8-6-5-7-9-17/h5-13,19-21,27H,14-15H2,1-4H3/t19-,20+,21-,26-/m1/s1. The largest absolute Gasteiger partial charge is 0.468 e. The highest BCUT2D eigenvalue weighted by Gasteiger charge is 2.66. The molecule has 2 aliphatic rings. The molecule has 3 amide bonds. The number of hydrogen-bond acceptors (Lipinski definition) is 6. The molecule has 8 nitrogen and oxygen atoms in total. The third-order valence-electron chi connectivity index (χ3n) is 6.89. The molecular formula is C26H29N3O5. The second kappa shape index (κ2) is 9.02. The molecule has 2 aromatic rings. The summed E-state index contributed by atoms with van der Waals surface area (Å²) in [6.07, 6.45) is 0. The summed E-state index contributed by atoms with van der Waals surface area (Å²) in [5, 5.41) is 3.17. The van der Waals surface area contributed by atoms with Crippen molar-refractivity contribution in [2.24, 2.45) is 11.8 Å². The van der Waals surface area contributed by atoms with Crippen molar-refractivity contribution in [2.75, 3.05) is 20.7 Å². The third kappa shape index (κ3) is 3.98. The highest BCUT2D eigenvalue weighted by molar-refractivity contribution is 6.09. The highest BCUT2D eigenvalue weighted by atomic mass is 16.5. The number of nitrogens with zero attached hydrogens (tertiary/aromatic N) is 2. The Morgan fingerprint density at radius 2 is 1.71 bits per heavy atom. The number of esters is 1. The Bertz CT molecular complexity index is 1120. The van der Waals surface area contributed by atoms with Gasteiger partial charge in [-0.05, 0) is 31.5 Å². The lowest BCUT2D eigenvalue weighted by atomic mass is 9.81. The molecule has 4 atom stereocenters. The van der Waals surface area contributed by atoms with Crippen LogP contribution >= 0.6 is 0 Å². The quantitative estimate of drug-likeness (QED) is 0.518. The smallest absolute Gasteiger partial charge is 0.326 e. The topological polar surface area (TPSA) is 96.0 Å². The number of benzene rings is 2. The van der Waals surface area contributed by atoms with Gasteiger partial charge in [-0.3, -0.25) is 29.4 Å². The van der Waals surface area contributed by atoms with Crippen LogP contribution in [-0.4, -0.2) is 65.8 Å². The van der Waals surface area contributed by atoms with Gasteiger partial charge in [-0.2, -0.15) is 0 Å². The summed E-state index contributed by atoms with van der Waals surface area (Å²) in [5.74, 6) is -3.27. The van der Waals surface area contributed by atoms with Crippen molar-refractivity contribution < 1.29 is 23.9 Å².